The maximum Gasteiger partial charge on any atom is 0.288 e. The third kappa shape index (κ3) is 4.08. The lowest BCUT2D eigenvalue weighted by atomic mass is 9.86. The van der Waals surface area contributed by atoms with Crippen LogP contribution in [0.25, 0.3) is 0 Å². The van der Waals surface area contributed by atoms with Crippen molar-refractivity contribution in [3.8, 4) is 0 Å². The lowest BCUT2D eigenvalue weighted by Crippen LogP contribution is -2.53. The first-order chi connectivity index (χ1) is 10.5. The third-order valence-corrected chi connectivity index (χ3v) is 5.00. The molecular weight excluding hydrogens is 280 g/mol. The van der Waals surface area contributed by atoms with Crippen LogP contribution in [-0.4, -0.2) is 41.1 Å². The average Bonchev–Trinajstić information content (AvgIpc) is 2.54. The van der Waals surface area contributed by atoms with E-state index in [1.54, 1.807) is 6.92 Å². The molecule has 5 heteroatoms. The number of hydrogen-bond donors (Lipinski definition) is 1. The summed E-state index contributed by atoms with van der Waals surface area (Å²) in [6, 6.07) is -0.407. The summed E-state index contributed by atoms with van der Waals surface area (Å²) in [6.45, 7) is 4.46. The van der Waals surface area contributed by atoms with E-state index in [0.29, 0.717) is 0 Å². The molecule has 1 saturated heterocycles. The highest BCUT2D eigenvalue weighted by atomic mass is 16.2. The number of piperidine rings is 1. The van der Waals surface area contributed by atoms with Crippen LogP contribution in [0.2, 0.25) is 0 Å². The Morgan fingerprint density at radius 2 is 1.64 bits per heavy atom. The van der Waals surface area contributed by atoms with Crippen molar-refractivity contribution < 1.29 is 14.4 Å². The number of carbonyl (C=O) groups is 3. The molecule has 2 aliphatic rings. The van der Waals surface area contributed by atoms with E-state index in [4.69, 9.17) is 0 Å². The molecule has 1 N–H and O–H groups in total. The number of ketones is 1. The lowest BCUT2D eigenvalue weighted by molar-refractivity contribution is -0.144. The molecule has 1 saturated carbocycles. The van der Waals surface area contributed by atoms with Gasteiger partial charge in [-0.1, -0.05) is 19.3 Å². The molecule has 0 aromatic rings. The lowest BCUT2D eigenvalue weighted by Gasteiger charge is -2.35. The number of nitrogens with one attached hydrogen (secondary N) is 1. The van der Waals surface area contributed by atoms with Gasteiger partial charge in [-0.15, -0.1) is 0 Å². The summed E-state index contributed by atoms with van der Waals surface area (Å²) >= 11 is 0. The van der Waals surface area contributed by atoms with Gasteiger partial charge in [-0.25, -0.2) is 0 Å². The summed E-state index contributed by atoms with van der Waals surface area (Å²) in [5, 5.41) is 2.61. The fourth-order valence-corrected chi connectivity index (χ4v) is 3.55. The number of likely N-dealkylation sites (tertiary alicyclic amines) is 1. The van der Waals surface area contributed by atoms with E-state index >= 15 is 0 Å². The molecule has 0 radical (unpaired) electrons. The van der Waals surface area contributed by atoms with Gasteiger partial charge in [0, 0.05) is 18.5 Å². The molecule has 2 atom stereocenters. The number of nitrogens with zero attached hydrogens (tertiary/aromatic N) is 1. The Morgan fingerprint density at radius 1 is 1.00 bits per heavy atom. The zero-order chi connectivity index (χ0) is 16.1. The Kier molecular flexibility index (Phi) is 5.98. The molecule has 124 valence electrons. The summed E-state index contributed by atoms with van der Waals surface area (Å²) in [4.78, 5) is 38.5. The molecule has 2 unspecified atom stereocenters. The summed E-state index contributed by atoms with van der Waals surface area (Å²) in [5.41, 5.74) is 0. The summed E-state index contributed by atoms with van der Waals surface area (Å²) in [7, 11) is 0. The Balaban J connectivity index is 1.87. The standard InChI is InChI=1S/C17H28N2O3/c1-12-8-6-7-11-19(12)17(22)13(2)18-16(21)15(20)14-9-4-3-5-10-14/h12-14H,3-11H2,1-2H3,(H,18,21). The van der Waals surface area contributed by atoms with Gasteiger partial charge in [-0.05, 0) is 46.0 Å². The van der Waals surface area contributed by atoms with Crippen molar-refractivity contribution in [2.75, 3.05) is 6.54 Å². The number of hydrogen-bond acceptors (Lipinski definition) is 3. The van der Waals surface area contributed by atoms with Crippen molar-refractivity contribution >= 4 is 17.6 Å². The fraction of sp³-hybridized carbons (Fsp3) is 0.824. The van der Waals surface area contributed by atoms with Crippen molar-refractivity contribution in [3.05, 3.63) is 0 Å². The molecule has 0 aromatic carbocycles. The molecule has 0 aromatic heterocycles. The monoisotopic (exact) mass is 308 g/mol. The first-order valence-electron chi connectivity index (χ1n) is 8.66. The minimum absolute atomic E-state index is 0.0722. The minimum atomic E-state index is -0.624. The SMILES string of the molecule is CC(NC(=O)C(=O)C1CCCCC1)C(=O)N1CCCCC1C. The van der Waals surface area contributed by atoms with Gasteiger partial charge in [-0.3, -0.25) is 14.4 Å². The molecule has 2 rings (SSSR count). The second kappa shape index (κ2) is 7.75. The van der Waals surface area contributed by atoms with E-state index in [1.807, 2.05) is 11.8 Å². The van der Waals surface area contributed by atoms with Gasteiger partial charge in [-0.2, -0.15) is 0 Å². The number of amides is 2. The van der Waals surface area contributed by atoms with Crippen LogP contribution < -0.4 is 5.32 Å². The van der Waals surface area contributed by atoms with Crippen molar-refractivity contribution in [3.63, 3.8) is 0 Å². The average molecular weight is 308 g/mol. The van der Waals surface area contributed by atoms with E-state index in [0.717, 1.165) is 57.9 Å². The molecule has 1 aliphatic carbocycles. The van der Waals surface area contributed by atoms with E-state index in [-0.39, 0.29) is 23.7 Å². The normalized spacial score (nSPS) is 24.6. The molecule has 1 aliphatic heterocycles. The van der Waals surface area contributed by atoms with Crippen molar-refractivity contribution in [1.29, 1.82) is 0 Å². The molecule has 5 nitrogen and oxygen atoms in total. The summed E-state index contributed by atoms with van der Waals surface area (Å²) in [5.74, 6) is -1.15. The molecule has 2 amide bonds. The topological polar surface area (TPSA) is 66.5 Å². The Bertz CT molecular complexity index is 430. The van der Waals surface area contributed by atoms with Gasteiger partial charge in [0.1, 0.15) is 6.04 Å². The van der Waals surface area contributed by atoms with Crippen LogP contribution in [0.3, 0.4) is 0 Å². The second-order valence-electron chi connectivity index (χ2n) is 6.77. The largest absolute Gasteiger partial charge is 0.338 e. The zero-order valence-corrected chi connectivity index (χ0v) is 13.8. The predicted octanol–water partition coefficient (Wildman–Crippen LogP) is 2.04. The van der Waals surface area contributed by atoms with E-state index in [2.05, 4.69) is 5.32 Å². The number of carbonyl (C=O) groups excluding carboxylic acids is 3. The summed E-state index contributed by atoms with van der Waals surface area (Å²) in [6.07, 6.45) is 7.95. The highest BCUT2D eigenvalue weighted by Gasteiger charge is 2.31. The van der Waals surface area contributed by atoms with Crippen molar-refractivity contribution in [1.82, 2.24) is 10.2 Å². The Morgan fingerprint density at radius 3 is 2.27 bits per heavy atom. The molecule has 0 bridgehead atoms. The van der Waals surface area contributed by atoms with E-state index < -0.39 is 11.9 Å². The quantitative estimate of drug-likeness (QED) is 0.808. The second-order valence-corrected chi connectivity index (χ2v) is 6.77. The Labute approximate surface area is 132 Å². The van der Waals surface area contributed by atoms with Gasteiger partial charge in [0.25, 0.3) is 5.91 Å². The molecule has 1 heterocycles. The third-order valence-electron chi connectivity index (χ3n) is 5.00. The van der Waals surface area contributed by atoms with Gasteiger partial charge < -0.3 is 10.2 Å². The smallest absolute Gasteiger partial charge is 0.288 e. The van der Waals surface area contributed by atoms with Crippen molar-refractivity contribution in [2.45, 2.75) is 77.3 Å². The fourth-order valence-electron chi connectivity index (χ4n) is 3.55. The Hall–Kier alpha value is -1.39. The maximum absolute atomic E-state index is 12.4. The van der Waals surface area contributed by atoms with Crippen molar-refractivity contribution in [2.24, 2.45) is 5.92 Å². The van der Waals surface area contributed by atoms with E-state index in [9.17, 15) is 14.4 Å². The predicted molar refractivity (Wildman–Crippen MR) is 84.2 cm³/mol. The van der Waals surface area contributed by atoms with Gasteiger partial charge in [0.2, 0.25) is 11.7 Å². The summed E-state index contributed by atoms with van der Waals surface area (Å²) < 4.78 is 0. The van der Waals surface area contributed by atoms with Crippen LogP contribution in [0.4, 0.5) is 0 Å². The highest BCUT2D eigenvalue weighted by Crippen LogP contribution is 2.24. The first-order valence-corrected chi connectivity index (χ1v) is 8.66. The van der Waals surface area contributed by atoms with E-state index in [1.165, 1.54) is 0 Å². The molecule has 22 heavy (non-hydrogen) atoms. The van der Waals surface area contributed by atoms with Gasteiger partial charge >= 0.3 is 0 Å². The minimum Gasteiger partial charge on any atom is -0.338 e. The maximum atomic E-state index is 12.4. The van der Waals surface area contributed by atoms with Crippen LogP contribution in [0, 0.1) is 5.92 Å². The zero-order valence-electron chi connectivity index (χ0n) is 13.8. The highest BCUT2D eigenvalue weighted by molar-refractivity contribution is 6.37. The van der Waals surface area contributed by atoms with Gasteiger partial charge in [0.15, 0.2) is 0 Å². The molecule has 2 fully saturated rings. The van der Waals surface area contributed by atoms with Crippen LogP contribution in [0.1, 0.15) is 65.2 Å². The van der Waals surface area contributed by atoms with Crippen LogP contribution >= 0.6 is 0 Å². The number of rotatable bonds is 4. The van der Waals surface area contributed by atoms with Gasteiger partial charge in [0.05, 0.1) is 0 Å². The first kappa shape index (κ1) is 17.0. The van der Waals surface area contributed by atoms with Crippen LogP contribution in [-0.2, 0) is 14.4 Å². The molecular formula is C17H28N2O3. The number of Topliss-reactive ketones (excluding diaryl/α,β-unsaturated/α-hetero) is 1. The van der Waals surface area contributed by atoms with Crippen LogP contribution in [0.5, 0.6) is 0 Å². The molecule has 0 spiro atoms. The van der Waals surface area contributed by atoms with Crippen LogP contribution in [0.15, 0.2) is 0 Å².